The zero-order valence-corrected chi connectivity index (χ0v) is 5.32. The van der Waals surface area contributed by atoms with Crippen LogP contribution in [0.2, 0.25) is 0 Å². The second-order valence-electron chi connectivity index (χ2n) is 2.32. The molecule has 0 aromatic carbocycles. The molecule has 2 unspecified atom stereocenters. The number of alkyl halides is 3. The molecule has 2 atom stereocenters. The molecule has 1 aliphatic heterocycles. The van der Waals surface area contributed by atoms with Gasteiger partial charge in [0.15, 0.2) is 0 Å². The molecule has 10 heavy (non-hydrogen) atoms. The molecule has 1 rings (SSSR count). The fourth-order valence-electron chi connectivity index (χ4n) is 0.878. The minimum Gasteiger partial charge on any atom is -0.381 e. The summed E-state index contributed by atoms with van der Waals surface area (Å²) in [7, 11) is 0. The van der Waals surface area contributed by atoms with Gasteiger partial charge >= 0.3 is 6.18 Å². The van der Waals surface area contributed by atoms with E-state index in [2.05, 4.69) is 4.74 Å². The molecule has 0 radical (unpaired) electrons. The molecule has 60 valence electrons. The Morgan fingerprint density at radius 2 is 2.20 bits per heavy atom. The second-order valence-corrected chi connectivity index (χ2v) is 2.32. The average molecular weight is 155 g/mol. The van der Waals surface area contributed by atoms with Crippen molar-refractivity contribution in [2.75, 3.05) is 13.2 Å². The van der Waals surface area contributed by atoms with Gasteiger partial charge in [-0.05, 0) is 12.8 Å². The van der Waals surface area contributed by atoms with Gasteiger partial charge in [0.1, 0.15) is 0 Å². The van der Waals surface area contributed by atoms with Crippen molar-refractivity contribution < 1.29 is 19.3 Å². The normalized spacial score (nSPS) is 37.3. The van der Waals surface area contributed by atoms with E-state index in [1.165, 1.54) is 0 Å². The lowest BCUT2D eigenvalue weighted by atomic mass is 10.0. The van der Waals surface area contributed by atoms with E-state index in [4.69, 9.17) is 1.37 Å². The maximum absolute atomic E-state index is 11.9. The van der Waals surface area contributed by atoms with Crippen molar-refractivity contribution >= 4 is 0 Å². The summed E-state index contributed by atoms with van der Waals surface area (Å²) in [4.78, 5) is 0. The Morgan fingerprint density at radius 3 is 2.60 bits per heavy atom. The standard InChI is InChI=1S/C6H9F3O/c7-6(8,9)5-2-1-3-10-4-5/h5H,1-4H2/i3D. The molecular formula is C6H9F3O. The summed E-state index contributed by atoms with van der Waals surface area (Å²) in [6.07, 6.45) is -3.94. The van der Waals surface area contributed by atoms with Crippen LogP contribution >= 0.6 is 0 Å². The number of ether oxygens (including phenoxy) is 1. The van der Waals surface area contributed by atoms with Crippen LogP contribution in [0.25, 0.3) is 0 Å². The number of halogens is 3. The van der Waals surface area contributed by atoms with Crippen LogP contribution in [0.3, 0.4) is 0 Å². The molecule has 1 nitrogen and oxygen atoms in total. The van der Waals surface area contributed by atoms with E-state index in [0.29, 0.717) is 0 Å². The summed E-state index contributed by atoms with van der Waals surface area (Å²) in [6.45, 7) is -1.11. The second kappa shape index (κ2) is 2.78. The van der Waals surface area contributed by atoms with Crippen molar-refractivity contribution in [1.82, 2.24) is 0 Å². The van der Waals surface area contributed by atoms with E-state index in [-0.39, 0.29) is 19.4 Å². The van der Waals surface area contributed by atoms with Gasteiger partial charge in [-0.1, -0.05) is 0 Å². The third-order valence-electron chi connectivity index (χ3n) is 1.51. The van der Waals surface area contributed by atoms with Crippen LogP contribution < -0.4 is 0 Å². The first-order valence-corrected chi connectivity index (χ1v) is 3.10. The molecule has 0 spiro atoms. The highest BCUT2D eigenvalue weighted by molar-refractivity contribution is 4.69. The van der Waals surface area contributed by atoms with Gasteiger partial charge < -0.3 is 4.74 Å². The molecule has 0 saturated carbocycles. The molecule has 1 fully saturated rings. The zero-order chi connectivity index (χ0) is 8.48. The van der Waals surface area contributed by atoms with E-state index in [1.54, 1.807) is 0 Å². The third kappa shape index (κ3) is 1.87. The van der Waals surface area contributed by atoms with E-state index >= 15 is 0 Å². The minimum atomic E-state index is -4.15. The van der Waals surface area contributed by atoms with Gasteiger partial charge in [0.2, 0.25) is 0 Å². The van der Waals surface area contributed by atoms with Crippen LogP contribution in [0.4, 0.5) is 13.2 Å². The van der Waals surface area contributed by atoms with E-state index in [1.807, 2.05) is 0 Å². The smallest absolute Gasteiger partial charge is 0.381 e. The molecular weight excluding hydrogens is 145 g/mol. The summed E-state index contributed by atoms with van der Waals surface area (Å²) in [5.74, 6) is -1.36. The monoisotopic (exact) mass is 155 g/mol. The predicted octanol–water partition coefficient (Wildman–Crippen LogP) is 1.98. The Kier molecular flexibility index (Phi) is 1.80. The summed E-state index contributed by atoms with van der Waals surface area (Å²) in [5.41, 5.74) is 0. The van der Waals surface area contributed by atoms with Crippen molar-refractivity contribution in [3.05, 3.63) is 0 Å². The lowest BCUT2D eigenvalue weighted by Gasteiger charge is -2.23. The Morgan fingerprint density at radius 1 is 1.50 bits per heavy atom. The van der Waals surface area contributed by atoms with Gasteiger partial charge in [0.05, 0.1) is 13.9 Å². The van der Waals surface area contributed by atoms with Crippen molar-refractivity contribution in [3.63, 3.8) is 0 Å². The van der Waals surface area contributed by atoms with Crippen LogP contribution in [0.1, 0.15) is 14.2 Å². The molecule has 0 aromatic heterocycles. The van der Waals surface area contributed by atoms with Gasteiger partial charge in [-0.15, -0.1) is 0 Å². The first-order chi connectivity index (χ1) is 5.00. The van der Waals surface area contributed by atoms with Crippen molar-refractivity contribution in [2.24, 2.45) is 5.92 Å². The van der Waals surface area contributed by atoms with Gasteiger partial charge in [0.25, 0.3) is 0 Å². The molecule has 0 N–H and O–H groups in total. The van der Waals surface area contributed by atoms with Crippen LogP contribution in [0.15, 0.2) is 0 Å². The fraction of sp³-hybridized carbons (Fsp3) is 1.00. The van der Waals surface area contributed by atoms with E-state index < -0.39 is 18.7 Å². The summed E-state index contributed by atoms with van der Waals surface area (Å²) >= 11 is 0. The van der Waals surface area contributed by atoms with Crippen LogP contribution in [-0.2, 0) is 4.74 Å². The highest BCUT2D eigenvalue weighted by atomic mass is 19.4. The van der Waals surface area contributed by atoms with Crippen LogP contribution in [0, 0.1) is 5.92 Å². The number of hydrogen-bond acceptors (Lipinski definition) is 1. The van der Waals surface area contributed by atoms with Crippen LogP contribution in [0.5, 0.6) is 0 Å². The van der Waals surface area contributed by atoms with Gasteiger partial charge in [-0.3, -0.25) is 0 Å². The fourth-order valence-corrected chi connectivity index (χ4v) is 0.878. The Bertz CT molecular complexity index is 128. The van der Waals surface area contributed by atoms with Gasteiger partial charge in [0, 0.05) is 6.58 Å². The predicted molar refractivity (Wildman–Crippen MR) is 29.6 cm³/mol. The highest BCUT2D eigenvalue weighted by Crippen LogP contribution is 2.31. The molecule has 1 heterocycles. The Balaban J connectivity index is 2.39. The largest absolute Gasteiger partial charge is 0.394 e. The quantitative estimate of drug-likeness (QED) is 0.519. The van der Waals surface area contributed by atoms with Gasteiger partial charge in [-0.25, -0.2) is 0 Å². The first-order valence-electron chi connectivity index (χ1n) is 3.68. The molecule has 0 aromatic rings. The maximum atomic E-state index is 11.9. The molecule has 0 amide bonds. The Labute approximate surface area is 58.6 Å². The molecule has 1 saturated heterocycles. The minimum absolute atomic E-state index is 0.0255. The zero-order valence-electron chi connectivity index (χ0n) is 6.32. The number of hydrogen-bond donors (Lipinski definition) is 0. The summed E-state index contributed by atoms with van der Waals surface area (Å²) in [5, 5.41) is 0. The van der Waals surface area contributed by atoms with Crippen molar-refractivity contribution in [2.45, 2.75) is 19.0 Å². The van der Waals surface area contributed by atoms with Crippen molar-refractivity contribution in [1.29, 1.82) is 0 Å². The van der Waals surface area contributed by atoms with Crippen LogP contribution in [-0.4, -0.2) is 19.4 Å². The summed E-state index contributed by atoms with van der Waals surface area (Å²) < 4.78 is 47.3. The Hall–Kier alpha value is -0.250. The lowest BCUT2D eigenvalue weighted by molar-refractivity contribution is -0.199. The van der Waals surface area contributed by atoms with Gasteiger partial charge in [-0.2, -0.15) is 13.2 Å². The number of rotatable bonds is 0. The average Bonchev–Trinajstić information content (AvgIpc) is 1.86. The molecule has 4 heteroatoms. The van der Waals surface area contributed by atoms with Crippen molar-refractivity contribution in [3.8, 4) is 0 Å². The molecule has 0 bridgehead atoms. The molecule has 1 aliphatic rings. The van der Waals surface area contributed by atoms with E-state index in [9.17, 15) is 13.2 Å². The van der Waals surface area contributed by atoms with E-state index in [0.717, 1.165) is 0 Å². The SMILES string of the molecule is [2H]C1CCC(C(F)(F)F)CO1. The summed E-state index contributed by atoms with van der Waals surface area (Å²) in [6, 6.07) is 0. The third-order valence-corrected chi connectivity index (χ3v) is 1.51. The molecule has 0 aliphatic carbocycles. The topological polar surface area (TPSA) is 9.23 Å². The first kappa shape index (κ1) is 6.46. The highest BCUT2D eigenvalue weighted by Gasteiger charge is 2.40. The maximum Gasteiger partial charge on any atom is 0.394 e. The lowest BCUT2D eigenvalue weighted by Crippen LogP contribution is -2.30.